The third-order valence-electron chi connectivity index (χ3n) is 8.81. The Bertz CT molecular complexity index is 892. The fourth-order valence-electron chi connectivity index (χ4n) is 8.24. The van der Waals surface area contributed by atoms with Crippen LogP contribution in [-0.2, 0) is 5.41 Å². The summed E-state index contributed by atoms with van der Waals surface area (Å²) in [5.41, 5.74) is 6.57. The number of hydrogen-bond acceptors (Lipinski definition) is 1. The molecular formula is C22H20ClN. The molecule has 24 heavy (non-hydrogen) atoms. The summed E-state index contributed by atoms with van der Waals surface area (Å²) in [5.74, 6) is 3.63. The highest BCUT2D eigenvalue weighted by Gasteiger charge is 2.74. The highest BCUT2D eigenvalue weighted by Crippen LogP contribution is 2.81. The lowest BCUT2D eigenvalue weighted by molar-refractivity contribution is -0.00187. The Kier molecular flexibility index (Phi) is 2.02. The average molecular weight is 334 g/mol. The van der Waals surface area contributed by atoms with Crippen LogP contribution in [0.2, 0.25) is 5.02 Å². The van der Waals surface area contributed by atoms with Crippen molar-refractivity contribution in [3.63, 3.8) is 0 Å². The number of rotatable bonds is 0. The number of halogens is 1. The van der Waals surface area contributed by atoms with Crippen molar-refractivity contribution < 1.29 is 0 Å². The molecule has 1 aromatic heterocycles. The van der Waals surface area contributed by atoms with Crippen molar-refractivity contribution in [3.8, 4) is 11.3 Å². The van der Waals surface area contributed by atoms with Gasteiger partial charge in [0.1, 0.15) is 0 Å². The van der Waals surface area contributed by atoms with Crippen LogP contribution in [-0.4, -0.2) is 4.98 Å². The van der Waals surface area contributed by atoms with Crippen molar-refractivity contribution in [3.05, 3.63) is 52.7 Å². The third kappa shape index (κ3) is 1.11. The van der Waals surface area contributed by atoms with Gasteiger partial charge in [-0.05, 0) is 90.5 Å². The standard InChI is InChI=1S/C22H20ClN/c23-16-3-4-17-19(9-16)22(18-2-1-5-24-20(17)18)14-7-12-6-13-8-15(22)11-21(12,13)10-14/h1-5,9,12-15H,6-8,10-11H2. The summed E-state index contributed by atoms with van der Waals surface area (Å²) in [7, 11) is 0. The zero-order valence-electron chi connectivity index (χ0n) is 13.6. The number of fused-ring (bicyclic) bond motifs is 9. The highest BCUT2D eigenvalue weighted by molar-refractivity contribution is 6.30. The van der Waals surface area contributed by atoms with Gasteiger partial charge in [-0.2, -0.15) is 0 Å². The molecule has 5 aliphatic rings. The first-order chi connectivity index (χ1) is 11.7. The Labute approximate surface area is 147 Å². The van der Waals surface area contributed by atoms with E-state index in [4.69, 9.17) is 16.6 Å². The van der Waals surface area contributed by atoms with E-state index in [-0.39, 0.29) is 5.41 Å². The van der Waals surface area contributed by atoms with Crippen LogP contribution in [0, 0.1) is 29.1 Å². The van der Waals surface area contributed by atoms with Gasteiger partial charge in [0.15, 0.2) is 0 Å². The van der Waals surface area contributed by atoms with Crippen LogP contribution in [0.3, 0.4) is 0 Å². The van der Waals surface area contributed by atoms with E-state index in [9.17, 15) is 0 Å². The zero-order valence-corrected chi connectivity index (χ0v) is 14.4. The molecule has 5 aliphatic carbocycles. The number of benzene rings is 1. The summed E-state index contributed by atoms with van der Waals surface area (Å²) < 4.78 is 0. The minimum Gasteiger partial charge on any atom is -0.256 e. The molecule has 1 nitrogen and oxygen atoms in total. The molecular weight excluding hydrogens is 314 g/mol. The minimum atomic E-state index is 0.206. The third-order valence-corrected chi connectivity index (χ3v) is 9.04. The van der Waals surface area contributed by atoms with Crippen molar-refractivity contribution in [1.29, 1.82) is 0 Å². The summed E-state index contributed by atoms with van der Waals surface area (Å²) >= 11 is 6.49. The van der Waals surface area contributed by atoms with Gasteiger partial charge in [-0.3, -0.25) is 4.98 Å². The first-order valence-electron chi connectivity index (χ1n) is 9.49. The quantitative estimate of drug-likeness (QED) is 0.624. The van der Waals surface area contributed by atoms with Crippen molar-refractivity contribution >= 4 is 11.6 Å². The smallest absolute Gasteiger partial charge is 0.0746 e. The van der Waals surface area contributed by atoms with Crippen molar-refractivity contribution in [1.82, 2.24) is 4.98 Å². The molecule has 0 N–H and O–H groups in total. The van der Waals surface area contributed by atoms with Crippen LogP contribution in [0.15, 0.2) is 36.5 Å². The fourth-order valence-corrected chi connectivity index (χ4v) is 8.41. The second-order valence-electron chi connectivity index (χ2n) is 9.09. The predicted octanol–water partition coefficient (Wildman–Crippen LogP) is 5.46. The molecule has 0 saturated heterocycles. The molecule has 0 aliphatic heterocycles. The minimum absolute atomic E-state index is 0.206. The van der Waals surface area contributed by atoms with Crippen LogP contribution < -0.4 is 0 Å². The van der Waals surface area contributed by atoms with Gasteiger partial charge >= 0.3 is 0 Å². The van der Waals surface area contributed by atoms with Gasteiger partial charge in [-0.1, -0.05) is 23.7 Å². The second-order valence-corrected chi connectivity index (χ2v) is 9.53. The lowest BCUT2D eigenvalue weighted by Crippen LogP contribution is -2.44. The lowest BCUT2D eigenvalue weighted by Gasteiger charge is -2.50. The van der Waals surface area contributed by atoms with Crippen LogP contribution in [0.5, 0.6) is 0 Å². The monoisotopic (exact) mass is 333 g/mol. The Morgan fingerprint density at radius 3 is 2.46 bits per heavy atom. The summed E-state index contributed by atoms with van der Waals surface area (Å²) in [5, 5.41) is 0.888. The van der Waals surface area contributed by atoms with Crippen molar-refractivity contribution in [2.45, 2.75) is 37.5 Å². The van der Waals surface area contributed by atoms with Gasteiger partial charge in [-0.25, -0.2) is 0 Å². The van der Waals surface area contributed by atoms with Gasteiger partial charge < -0.3 is 0 Å². The molecule has 7 rings (SSSR count). The van der Waals surface area contributed by atoms with Crippen LogP contribution in [0.25, 0.3) is 11.3 Å². The van der Waals surface area contributed by atoms with E-state index in [2.05, 4.69) is 24.3 Å². The van der Waals surface area contributed by atoms with Gasteiger partial charge in [0, 0.05) is 22.2 Å². The first kappa shape index (κ1) is 12.9. The summed E-state index contributed by atoms with van der Waals surface area (Å²) in [4.78, 5) is 4.83. The van der Waals surface area contributed by atoms with Crippen molar-refractivity contribution in [2.75, 3.05) is 0 Å². The molecule has 4 saturated carbocycles. The Morgan fingerprint density at radius 1 is 0.917 bits per heavy atom. The molecule has 120 valence electrons. The van der Waals surface area contributed by atoms with Gasteiger partial charge in [-0.15, -0.1) is 0 Å². The maximum Gasteiger partial charge on any atom is 0.0746 e. The molecule has 1 heterocycles. The zero-order chi connectivity index (χ0) is 15.7. The summed E-state index contributed by atoms with van der Waals surface area (Å²) in [6.45, 7) is 0. The highest BCUT2D eigenvalue weighted by atomic mass is 35.5. The number of nitrogens with zero attached hydrogens (tertiary/aromatic N) is 1. The van der Waals surface area contributed by atoms with Gasteiger partial charge in [0.2, 0.25) is 0 Å². The molecule has 2 heteroatoms. The Balaban J connectivity index is 1.59. The number of pyridine rings is 1. The van der Waals surface area contributed by atoms with E-state index in [0.717, 1.165) is 34.1 Å². The molecule has 4 atom stereocenters. The molecule has 0 amide bonds. The second kappa shape index (κ2) is 3.75. The molecule has 4 unspecified atom stereocenters. The number of hydrogen-bond donors (Lipinski definition) is 0. The molecule has 2 spiro atoms. The van der Waals surface area contributed by atoms with E-state index >= 15 is 0 Å². The van der Waals surface area contributed by atoms with E-state index in [0.29, 0.717) is 0 Å². The van der Waals surface area contributed by atoms with Crippen LogP contribution >= 0.6 is 11.6 Å². The van der Waals surface area contributed by atoms with Crippen molar-refractivity contribution in [2.24, 2.45) is 29.1 Å². The Hall–Kier alpha value is -1.34. The van der Waals surface area contributed by atoms with Crippen LogP contribution in [0.1, 0.15) is 43.2 Å². The molecule has 1 aromatic carbocycles. The fraction of sp³-hybridized carbons (Fsp3) is 0.500. The maximum atomic E-state index is 6.49. The molecule has 4 fully saturated rings. The van der Waals surface area contributed by atoms with Gasteiger partial charge in [0.25, 0.3) is 0 Å². The van der Waals surface area contributed by atoms with Gasteiger partial charge in [0.05, 0.1) is 5.69 Å². The summed E-state index contributed by atoms with van der Waals surface area (Å²) in [6, 6.07) is 11.1. The molecule has 3 bridgehead atoms. The average Bonchev–Trinajstić information content (AvgIpc) is 3.10. The first-order valence-corrected chi connectivity index (χ1v) is 9.87. The van der Waals surface area contributed by atoms with E-state index in [1.165, 1.54) is 54.5 Å². The predicted molar refractivity (Wildman–Crippen MR) is 94.9 cm³/mol. The lowest BCUT2D eigenvalue weighted by atomic mass is 9.54. The topological polar surface area (TPSA) is 12.9 Å². The largest absolute Gasteiger partial charge is 0.256 e. The maximum absolute atomic E-state index is 6.49. The number of aromatic nitrogens is 1. The Morgan fingerprint density at radius 2 is 1.67 bits per heavy atom. The van der Waals surface area contributed by atoms with E-state index in [1.807, 2.05) is 12.3 Å². The molecule has 2 aromatic rings. The molecule has 0 radical (unpaired) electrons. The van der Waals surface area contributed by atoms with Crippen LogP contribution in [0.4, 0.5) is 0 Å². The SMILES string of the molecule is Clc1ccc2c(c1)C1(c3cccnc3-2)C2CC3CC4CC1CC34C2. The summed E-state index contributed by atoms with van der Waals surface area (Å²) in [6.07, 6.45) is 9.27. The van der Waals surface area contributed by atoms with E-state index in [1.54, 1.807) is 0 Å². The van der Waals surface area contributed by atoms with E-state index < -0.39 is 0 Å². The normalized spacial score (nSPS) is 45.2.